The molecule has 0 amide bonds. The Morgan fingerprint density at radius 2 is 2.09 bits per heavy atom. The van der Waals surface area contributed by atoms with Gasteiger partial charge in [-0.2, -0.15) is 11.3 Å². The fourth-order valence-electron chi connectivity index (χ4n) is 2.09. The largest absolute Gasteiger partial charge is 0.357 e. The Kier molecular flexibility index (Phi) is 9.86. The van der Waals surface area contributed by atoms with Gasteiger partial charge in [0.25, 0.3) is 0 Å². The molecule has 2 rings (SSSR count). The van der Waals surface area contributed by atoms with Crippen LogP contribution in [0.2, 0.25) is 0 Å². The van der Waals surface area contributed by atoms with Gasteiger partial charge in [0.15, 0.2) is 5.96 Å². The highest BCUT2D eigenvalue weighted by atomic mass is 127. The van der Waals surface area contributed by atoms with Crippen LogP contribution >= 0.6 is 35.3 Å². The molecule has 0 saturated heterocycles. The van der Waals surface area contributed by atoms with E-state index < -0.39 is 0 Å². The molecule has 23 heavy (non-hydrogen) atoms. The second-order valence-corrected chi connectivity index (χ2v) is 5.77. The first-order chi connectivity index (χ1) is 10.8. The van der Waals surface area contributed by atoms with E-state index in [1.54, 1.807) is 23.5 Å². The number of hydrogen-bond donors (Lipinski definition) is 2. The molecule has 0 aliphatic rings. The lowest BCUT2D eigenvalue weighted by atomic mass is 10.1. The Balaban J connectivity index is 0.00000264. The molecular weight excluding hydrogens is 424 g/mol. The molecule has 0 aliphatic heterocycles. The van der Waals surface area contributed by atoms with Crippen LogP contribution < -0.4 is 10.6 Å². The highest BCUT2D eigenvalue weighted by Gasteiger charge is 1.99. The molecule has 0 fully saturated rings. The first kappa shape index (κ1) is 19.9. The van der Waals surface area contributed by atoms with E-state index in [2.05, 4.69) is 39.4 Å². The van der Waals surface area contributed by atoms with Crippen LogP contribution in [0, 0.1) is 5.82 Å². The highest BCUT2D eigenvalue weighted by Crippen LogP contribution is 2.07. The third-order valence-corrected chi connectivity index (χ3v) is 3.90. The van der Waals surface area contributed by atoms with E-state index in [4.69, 9.17) is 0 Å². The van der Waals surface area contributed by atoms with Crippen molar-refractivity contribution in [2.24, 2.45) is 4.99 Å². The lowest BCUT2D eigenvalue weighted by molar-refractivity contribution is 0.624. The Hall–Kier alpha value is -1.15. The predicted molar refractivity (Wildman–Crippen MR) is 107 cm³/mol. The summed E-state index contributed by atoms with van der Waals surface area (Å²) in [5.41, 5.74) is 2.25. The van der Waals surface area contributed by atoms with Crippen molar-refractivity contribution in [1.82, 2.24) is 10.6 Å². The smallest absolute Gasteiger partial charge is 0.191 e. The number of aliphatic imine (C=N–C) groups is 1. The molecule has 126 valence electrons. The van der Waals surface area contributed by atoms with E-state index >= 15 is 0 Å². The first-order valence-corrected chi connectivity index (χ1v) is 8.50. The number of halogens is 2. The van der Waals surface area contributed by atoms with Crippen LogP contribution in [-0.2, 0) is 13.0 Å². The number of hydrogen-bond acceptors (Lipinski definition) is 2. The molecule has 0 atom stereocenters. The van der Waals surface area contributed by atoms with Crippen molar-refractivity contribution in [3.8, 4) is 0 Å². The van der Waals surface area contributed by atoms with Crippen LogP contribution in [0.3, 0.4) is 0 Å². The summed E-state index contributed by atoms with van der Waals surface area (Å²) in [6, 6.07) is 8.86. The molecular formula is C17H23FIN3S. The number of nitrogens with one attached hydrogen (secondary N) is 2. The van der Waals surface area contributed by atoms with E-state index in [1.807, 2.05) is 6.07 Å². The summed E-state index contributed by atoms with van der Waals surface area (Å²) in [5.74, 6) is 0.657. The zero-order chi connectivity index (χ0) is 15.6. The van der Waals surface area contributed by atoms with Crippen molar-refractivity contribution < 1.29 is 4.39 Å². The maximum Gasteiger partial charge on any atom is 0.191 e. The monoisotopic (exact) mass is 447 g/mol. The second-order valence-electron chi connectivity index (χ2n) is 4.99. The van der Waals surface area contributed by atoms with Crippen LogP contribution in [0.15, 0.2) is 46.1 Å². The summed E-state index contributed by atoms with van der Waals surface area (Å²) in [7, 11) is 0. The SMILES string of the molecule is CCNC(=NCc1ccsc1)NCCCc1cccc(F)c1.I. The topological polar surface area (TPSA) is 36.4 Å². The Morgan fingerprint density at radius 1 is 1.22 bits per heavy atom. The van der Waals surface area contributed by atoms with Gasteiger partial charge in [-0.05, 0) is 59.9 Å². The number of thiophene rings is 1. The first-order valence-electron chi connectivity index (χ1n) is 7.55. The van der Waals surface area contributed by atoms with Gasteiger partial charge in [0.1, 0.15) is 5.82 Å². The van der Waals surface area contributed by atoms with Crippen molar-refractivity contribution in [2.75, 3.05) is 13.1 Å². The molecule has 0 spiro atoms. The van der Waals surface area contributed by atoms with Crippen molar-refractivity contribution >= 4 is 41.3 Å². The van der Waals surface area contributed by atoms with Crippen LogP contribution in [0.5, 0.6) is 0 Å². The van der Waals surface area contributed by atoms with E-state index in [9.17, 15) is 4.39 Å². The number of nitrogens with zero attached hydrogens (tertiary/aromatic N) is 1. The van der Waals surface area contributed by atoms with E-state index in [0.29, 0.717) is 6.54 Å². The molecule has 1 aromatic carbocycles. The molecule has 0 saturated carbocycles. The van der Waals surface area contributed by atoms with Gasteiger partial charge in [-0.1, -0.05) is 12.1 Å². The second kappa shape index (κ2) is 11.4. The maximum absolute atomic E-state index is 13.1. The van der Waals surface area contributed by atoms with Gasteiger partial charge >= 0.3 is 0 Å². The minimum absolute atomic E-state index is 0. The summed E-state index contributed by atoms with van der Waals surface area (Å²) in [6.07, 6.45) is 1.79. The van der Waals surface area contributed by atoms with Gasteiger partial charge in [0, 0.05) is 13.1 Å². The Morgan fingerprint density at radius 3 is 2.78 bits per heavy atom. The van der Waals surface area contributed by atoms with Crippen LogP contribution in [0.25, 0.3) is 0 Å². The molecule has 1 aromatic heterocycles. The fourth-order valence-corrected chi connectivity index (χ4v) is 2.75. The molecule has 0 bridgehead atoms. The quantitative estimate of drug-likeness (QED) is 0.289. The molecule has 2 aromatic rings. The molecule has 0 aliphatic carbocycles. The lowest BCUT2D eigenvalue weighted by Gasteiger charge is -2.11. The van der Waals surface area contributed by atoms with Crippen LogP contribution in [-0.4, -0.2) is 19.0 Å². The summed E-state index contributed by atoms with van der Waals surface area (Å²) >= 11 is 1.68. The number of benzene rings is 1. The zero-order valence-electron chi connectivity index (χ0n) is 13.2. The zero-order valence-corrected chi connectivity index (χ0v) is 16.4. The predicted octanol–water partition coefficient (Wildman–Crippen LogP) is 4.19. The Bertz CT molecular complexity index is 587. The number of aryl methyl sites for hydroxylation is 1. The molecule has 6 heteroatoms. The number of guanidine groups is 1. The summed E-state index contributed by atoms with van der Waals surface area (Å²) in [5, 5.41) is 10.7. The summed E-state index contributed by atoms with van der Waals surface area (Å²) < 4.78 is 13.1. The number of rotatable bonds is 7. The standard InChI is InChI=1S/C17H22FN3S.HI/c1-2-19-17(21-12-15-8-10-22-13-15)20-9-4-6-14-5-3-7-16(18)11-14;/h3,5,7-8,10-11,13H,2,4,6,9,12H2,1H3,(H2,19,20,21);1H. The molecule has 0 radical (unpaired) electrons. The average Bonchev–Trinajstić information content (AvgIpc) is 3.02. The van der Waals surface area contributed by atoms with Crippen LogP contribution in [0.1, 0.15) is 24.5 Å². The summed E-state index contributed by atoms with van der Waals surface area (Å²) in [4.78, 5) is 4.56. The van der Waals surface area contributed by atoms with Gasteiger partial charge in [-0.25, -0.2) is 9.38 Å². The fraction of sp³-hybridized carbons (Fsp3) is 0.353. The van der Waals surface area contributed by atoms with Gasteiger partial charge in [0.05, 0.1) is 6.54 Å². The third-order valence-electron chi connectivity index (χ3n) is 3.17. The lowest BCUT2D eigenvalue weighted by Crippen LogP contribution is -2.37. The molecule has 3 nitrogen and oxygen atoms in total. The molecule has 2 N–H and O–H groups in total. The minimum Gasteiger partial charge on any atom is -0.357 e. The van der Waals surface area contributed by atoms with Crippen molar-refractivity contribution in [3.05, 3.63) is 58.0 Å². The molecule has 0 unspecified atom stereocenters. The highest BCUT2D eigenvalue weighted by molar-refractivity contribution is 14.0. The van der Waals surface area contributed by atoms with Gasteiger partial charge in [-0.3, -0.25) is 0 Å². The van der Waals surface area contributed by atoms with E-state index in [1.165, 1.54) is 11.6 Å². The van der Waals surface area contributed by atoms with Gasteiger partial charge < -0.3 is 10.6 Å². The van der Waals surface area contributed by atoms with Crippen molar-refractivity contribution in [1.29, 1.82) is 0 Å². The average molecular weight is 447 g/mol. The van der Waals surface area contributed by atoms with E-state index in [0.717, 1.165) is 37.5 Å². The molecule has 1 heterocycles. The van der Waals surface area contributed by atoms with Crippen molar-refractivity contribution in [3.63, 3.8) is 0 Å². The summed E-state index contributed by atoms with van der Waals surface area (Å²) in [6.45, 7) is 4.38. The van der Waals surface area contributed by atoms with Crippen molar-refractivity contribution in [2.45, 2.75) is 26.3 Å². The van der Waals surface area contributed by atoms with E-state index in [-0.39, 0.29) is 29.8 Å². The normalized spacial score (nSPS) is 11.0. The Labute approximate surface area is 158 Å². The van der Waals surface area contributed by atoms with Gasteiger partial charge in [-0.15, -0.1) is 24.0 Å². The third kappa shape index (κ3) is 7.78. The maximum atomic E-state index is 13.1. The minimum atomic E-state index is -0.170. The van der Waals surface area contributed by atoms with Crippen LogP contribution in [0.4, 0.5) is 4.39 Å². The van der Waals surface area contributed by atoms with Gasteiger partial charge in [0.2, 0.25) is 0 Å².